The quantitative estimate of drug-likeness (QED) is 0.414. The summed E-state index contributed by atoms with van der Waals surface area (Å²) in [7, 11) is -1.90. The molecule has 5 nitrogen and oxygen atoms in total. The lowest BCUT2D eigenvalue weighted by Gasteiger charge is -2.39. The van der Waals surface area contributed by atoms with Crippen LogP contribution in [0.25, 0.3) is 0 Å². The maximum atomic E-state index is 13.9. The van der Waals surface area contributed by atoms with Crippen LogP contribution in [0.3, 0.4) is 0 Å². The molecule has 6 heteroatoms. The van der Waals surface area contributed by atoms with Gasteiger partial charge in [-0.05, 0) is 41.3 Å². The predicted molar refractivity (Wildman–Crippen MR) is 125 cm³/mol. The van der Waals surface area contributed by atoms with Crippen molar-refractivity contribution in [2.75, 3.05) is 7.05 Å². The maximum Gasteiger partial charge on any atom is 0.564 e. The molecule has 3 aromatic rings. The van der Waals surface area contributed by atoms with Gasteiger partial charge in [0.15, 0.2) is 0 Å². The van der Waals surface area contributed by atoms with E-state index >= 15 is 0 Å². The Morgan fingerprint density at radius 1 is 0.871 bits per heavy atom. The van der Waals surface area contributed by atoms with Gasteiger partial charge in [0.2, 0.25) is 0 Å². The van der Waals surface area contributed by atoms with E-state index < -0.39 is 7.75 Å². The van der Waals surface area contributed by atoms with Crippen LogP contribution in [-0.2, 0) is 11.0 Å². The minimum Gasteiger partial charge on any atom is -0.399 e. The summed E-state index contributed by atoms with van der Waals surface area (Å²) in [6.45, 7) is 4.36. The highest BCUT2D eigenvalue weighted by Gasteiger charge is 2.35. The third-order valence-corrected chi connectivity index (χ3v) is 6.70. The molecule has 160 valence electrons. The summed E-state index contributed by atoms with van der Waals surface area (Å²) >= 11 is 0. The largest absolute Gasteiger partial charge is 0.564 e. The molecule has 1 heterocycles. The molecule has 0 fully saturated rings. The summed E-state index contributed by atoms with van der Waals surface area (Å²) in [5, 5.41) is 0. The lowest BCUT2D eigenvalue weighted by molar-refractivity contribution is 0.279. The summed E-state index contributed by atoms with van der Waals surface area (Å²) in [6.07, 6.45) is 0.566. The number of nitrogens with zero attached hydrogens (tertiary/aromatic N) is 2. The zero-order valence-electron chi connectivity index (χ0n) is 18.0. The first-order valence-corrected chi connectivity index (χ1v) is 11.9. The van der Waals surface area contributed by atoms with Crippen molar-refractivity contribution in [2.24, 2.45) is 10.7 Å². The normalized spacial score (nSPS) is 17.5. The average Bonchev–Trinajstić information content (AvgIpc) is 2.75. The Balaban J connectivity index is 1.75. The fourth-order valence-corrected chi connectivity index (χ4v) is 5.38. The molecule has 0 aromatic heterocycles. The average molecular weight is 434 g/mol. The van der Waals surface area contributed by atoms with Gasteiger partial charge in [-0.1, -0.05) is 74.5 Å². The monoisotopic (exact) mass is 434 g/mol. The standard InChI is InChI=1S/C25H27N2O3P/c1-19(2)25-23-17-11-10-12-20(23)18-24(27(25)3)26-31(28,29-21-13-6-4-7-14-21)30-22-15-8-5-9-16-22/h4-17,19,25H,18H2,1-3H3. The molecule has 1 aliphatic rings. The van der Waals surface area contributed by atoms with Gasteiger partial charge in [0, 0.05) is 13.5 Å². The summed E-state index contributed by atoms with van der Waals surface area (Å²) < 4.78 is 30.2. The van der Waals surface area contributed by atoms with Crippen LogP contribution < -0.4 is 9.05 Å². The van der Waals surface area contributed by atoms with E-state index in [4.69, 9.17) is 9.05 Å². The first-order chi connectivity index (χ1) is 15.0. The van der Waals surface area contributed by atoms with Crippen LogP contribution in [0.1, 0.15) is 31.0 Å². The summed E-state index contributed by atoms with van der Waals surface area (Å²) in [6, 6.07) is 26.5. The van der Waals surface area contributed by atoms with E-state index in [0.29, 0.717) is 29.7 Å². The number of likely N-dealkylation sites (N-methyl/N-ethyl adjacent to an activating group) is 1. The molecular weight excluding hydrogens is 407 g/mol. The molecule has 0 amide bonds. The van der Waals surface area contributed by atoms with Crippen LogP contribution in [0.5, 0.6) is 11.5 Å². The number of amidine groups is 1. The van der Waals surface area contributed by atoms with E-state index in [0.717, 1.165) is 0 Å². The van der Waals surface area contributed by atoms with Crippen LogP contribution in [0, 0.1) is 5.92 Å². The van der Waals surface area contributed by atoms with Gasteiger partial charge in [-0.3, -0.25) is 0 Å². The summed E-state index contributed by atoms with van der Waals surface area (Å²) in [4.78, 5) is 2.10. The highest BCUT2D eigenvalue weighted by molar-refractivity contribution is 7.53. The smallest absolute Gasteiger partial charge is 0.399 e. The highest BCUT2D eigenvalue weighted by Crippen LogP contribution is 2.51. The second kappa shape index (κ2) is 8.99. The molecule has 3 aromatic carbocycles. The minimum atomic E-state index is -3.89. The van der Waals surface area contributed by atoms with Gasteiger partial charge in [-0.25, -0.2) is 4.57 Å². The molecule has 0 saturated heterocycles. The van der Waals surface area contributed by atoms with Gasteiger partial charge in [0.1, 0.15) is 17.3 Å². The molecule has 1 aliphatic heterocycles. The molecular formula is C25H27N2O3P. The first-order valence-electron chi connectivity index (χ1n) is 10.4. The number of para-hydroxylation sites is 2. The molecule has 1 unspecified atom stereocenters. The van der Waals surface area contributed by atoms with Crippen LogP contribution in [-0.4, -0.2) is 17.8 Å². The van der Waals surface area contributed by atoms with Crippen molar-refractivity contribution in [1.29, 1.82) is 0 Å². The zero-order chi connectivity index (χ0) is 21.8. The lowest BCUT2D eigenvalue weighted by Crippen LogP contribution is -2.39. The van der Waals surface area contributed by atoms with Gasteiger partial charge >= 0.3 is 7.75 Å². The number of hydrogen-bond acceptors (Lipinski definition) is 3. The van der Waals surface area contributed by atoms with Crippen LogP contribution in [0.2, 0.25) is 0 Å². The van der Waals surface area contributed by atoms with Gasteiger partial charge in [-0.2, -0.15) is 0 Å². The van der Waals surface area contributed by atoms with E-state index in [1.807, 2.05) is 49.5 Å². The molecule has 0 saturated carbocycles. The molecule has 0 aliphatic carbocycles. The molecule has 0 bridgehead atoms. The van der Waals surface area contributed by atoms with E-state index in [2.05, 4.69) is 41.7 Å². The molecule has 31 heavy (non-hydrogen) atoms. The van der Waals surface area contributed by atoms with Crippen molar-refractivity contribution < 1.29 is 13.6 Å². The van der Waals surface area contributed by atoms with Crippen LogP contribution >= 0.6 is 7.75 Å². The predicted octanol–water partition coefficient (Wildman–Crippen LogP) is 6.54. The summed E-state index contributed by atoms with van der Waals surface area (Å²) in [5.41, 5.74) is 2.46. The Morgan fingerprint density at radius 2 is 1.39 bits per heavy atom. The fraction of sp³-hybridized carbons (Fsp3) is 0.240. The molecule has 1 atom stereocenters. The van der Waals surface area contributed by atoms with Gasteiger partial charge in [0.05, 0.1) is 6.04 Å². The van der Waals surface area contributed by atoms with Crippen molar-refractivity contribution in [2.45, 2.75) is 26.3 Å². The first kappa shape index (κ1) is 21.2. The minimum absolute atomic E-state index is 0.130. The maximum absolute atomic E-state index is 13.9. The van der Waals surface area contributed by atoms with Crippen LogP contribution in [0.15, 0.2) is 89.7 Å². The van der Waals surface area contributed by atoms with E-state index in [1.54, 1.807) is 24.3 Å². The SMILES string of the molecule is CC(C)C1c2ccccc2CC(=NP(=O)(Oc2ccccc2)Oc2ccccc2)N1C. The lowest BCUT2D eigenvalue weighted by atomic mass is 9.86. The summed E-state index contributed by atoms with van der Waals surface area (Å²) in [5.74, 6) is 1.93. The Morgan fingerprint density at radius 3 is 1.94 bits per heavy atom. The number of fused-ring (bicyclic) bond motifs is 1. The third-order valence-electron chi connectivity index (χ3n) is 5.34. The van der Waals surface area contributed by atoms with Crippen molar-refractivity contribution in [3.8, 4) is 11.5 Å². The molecule has 0 spiro atoms. The third kappa shape index (κ3) is 4.83. The number of benzene rings is 3. The second-order valence-electron chi connectivity index (χ2n) is 7.97. The van der Waals surface area contributed by atoms with Gasteiger partial charge in [-0.15, -0.1) is 4.76 Å². The Bertz CT molecular complexity index is 1050. The molecule has 0 radical (unpaired) electrons. The highest BCUT2D eigenvalue weighted by atomic mass is 31.2. The Labute approximate surface area is 183 Å². The van der Waals surface area contributed by atoms with E-state index in [-0.39, 0.29) is 6.04 Å². The molecule has 4 rings (SSSR count). The van der Waals surface area contributed by atoms with Gasteiger partial charge in [0.25, 0.3) is 0 Å². The fourth-order valence-electron chi connectivity index (χ4n) is 3.99. The Kier molecular flexibility index (Phi) is 6.15. The van der Waals surface area contributed by atoms with Crippen molar-refractivity contribution in [3.05, 3.63) is 96.1 Å². The second-order valence-corrected chi connectivity index (χ2v) is 9.47. The van der Waals surface area contributed by atoms with E-state index in [1.165, 1.54) is 11.1 Å². The van der Waals surface area contributed by atoms with Crippen molar-refractivity contribution in [3.63, 3.8) is 0 Å². The topological polar surface area (TPSA) is 51.1 Å². The van der Waals surface area contributed by atoms with Crippen molar-refractivity contribution >= 4 is 13.6 Å². The van der Waals surface area contributed by atoms with Crippen molar-refractivity contribution in [1.82, 2.24) is 4.90 Å². The van der Waals surface area contributed by atoms with Crippen LogP contribution in [0.4, 0.5) is 0 Å². The zero-order valence-corrected chi connectivity index (χ0v) is 18.9. The number of hydrogen-bond donors (Lipinski definition) is 0. The Hall–Kier alpha value is -3.04. The van der Waals surface area contributed by atoms with E-state index in [9.17, 15) is 4.57 Å². The van der Waals surface area contributed by atoms with Gasteiger partial charge < -0.3 is 13.9 Å². The number of rotatable bonds is 6. The molecule has 0 N–H and O–H groups in total.